The predicted molar refractivity (Wildman–Crippen MR) is 73.3 cm³/mol. The van der Waals surface area contributed by atoms with E-state index in [0.29, 0.717) is 19.0 Å². The second kappa shape index (κ2) is 6.97. The van der Waals surface area contributed by atoms with E-state index < -0.39 is 0 Å². The van der Waals surface area contributed by atoms with Gasteiger partial charge in [0.15, 0.2) is 0 Å². The van der Waals surface area contributed by atoms with Crippen LogP contribution < -0.4 is 4.74 Å². The summed E-state index contributed by atoms with van der Waals surface area (Å²) in [6.45, 7) is 4.40. The minimum absolute atomic E-state index is 0.155. The minimum atomic E-state index is 0.155. The third kappa shape index (κ3) is 4.12. The average molecular weight is 261 g/mol. The van der Waals surface area contributed by atoms with Gasteiger partial charge in [0.25, 0.3) is 5.95 Å². The number of hydrogen-bond donors (Lipinski definition) is 1. The van der Waals surface area contributed by atoms with Crippen LogP contribution in [-0.2, 0) is 6.54 Å². The van der Waals surface area contributed by atoms with Crippen LogP contribution in [0, 0.1) is 0 Å². The molecule has 0 saturated carbocycles. The van der Waals surface area contributed by atoms with Crippen molar-refractivity contribution in [3.8, 4) is 11.7 Å². The zero-order valence-corrected chi connectivity index (χ0v) is 11.1. The molecule has 1 N–H and O–H groups in total. The van der Waals surface area contributed by atoms with Gasteiger partial charge < -0.3 is 14.3 Å². The Morgan fingerprint density at radius 2 is 1.95 bits per heavy atom. The number of benzene rings is 1. The van der Waals surface area contributed by atoms with Gasteiger partial charge in [0.05, 0.1) is 13.2 Å². The van der Waals surface area contributed by atoms with E-state index in [1.165, 1.54) is 0 Å². The molecule has 0 amide bonds. The average Bonchev–Trinajstić information content (AvgIpc) is 2.86. The van der Waals surface area contributed by atoms with Crippen LogP contribution in [-0.4, -0.2) is 29.7 Å². The van der Waals surface area contributed by atoms with Gasteiger partial charge in [0, 0.05) is 12.6 Å². The molecule has 0 spiro atoms. The van der Waals surface area contributed by atoms with E-state index in [0.717, 1.165) is 18.1 Å². The molecule has 19 heavy (non-hydrogen) atoms. The zero-order chi connectivity index (χ0) is 13.5. The number of likely N-dealkylation sites (N-methyl/N-ethyl adjacent to an activating group) is 1. The van der Waals surface area contributed by atoms with Crippen molar-refractivity contribution in [2.45, 2.75) is 13.5 Å². The van der Waals surface area contributed by atoms with E-state index in [2.05, 4.69) is 11.8 Å². The van der Waals surface area contributed by atoms with E-state index in [4.69, 9.17) is 14.3 Å². The van der Waals surface area contributed by atoms with E-state index in [9.17, 15) is 0 Å². The third-order valence-electron chi connectivity index (χ3n) is 2.84. The van der Waals surface area contributed by atoms with Gasteiger partial charge in [0.1, 0.15) is 11.5 Å². The molecule has 0 saturated heterocycles. The Kier molecular flexibility index (Phi) is 5.01. The molecule has 0 aliphatic carbocycles. The van der Waals surface area contributed by atoms with Crippen LogP contribution in [0.4, 0.5) is 0 Å². The van der Waals surface area contributed by atoms with Gasteiger partial charge in [0.2, 0.25) is 0 Å². The monoisotopic (exact) mass is 261 g/mol. The Bertz CT molecular complexity index is 481. The van der Waals surface area contributed by atoms with Gasteiger partial charge in [-0.25, -0.2) is 0 Å². The van der Waals surface area contributed by atoms with Crippen LogP contribution in [0.1, 0.15) is 12.7 Å². The molecular formula is C15H19NO3. The van der Waals surface area contributed by atoms with Crippen molar-refractivity contribution in [1.82, 2.24) is 4.90 Å². The highest BCUT2D eigenvalue weighted by Gasteiger charge is 2.08. The van der Waals surface area contributed by atoms with Crippen LogP contribution in [0.25, 0.3) is 0 Å². The Morgan fingerprint density at radius 1 is 1.16 bits per heavy atom. The number of para-hydroxylation sites is 1. The second-order valence-electron chi connectivity index (χ2n) is 4.23. The molecule has 2 rings (SSSR count). The number of rotatable bonds is 7. The molecule has 1 aromatic carbocycles. The summed E-state index contributed by atoms with van der Waals surface area (Å²) >= 11 is 0. The lowest BCUT2D eigenvalue weighted by atomic mass is 10.3. The standard InChI is InChI=1S/C15H19NO3/c1-2-16(10-11-17)12-14-8-9-15(19-14)18-13-6-4-3-5-7-13/h3-9,17H,2,10-12H2,1H3. The van der Waals surface area contributed by atoms with Crippen LogP contribution >= 0.6 is 0 Å². The maximum absolute atomic E-state index is 8.95. The highest BCUT2D eigenvalue weighted by atomic mass is 16.6. The maximum atomic E-state index is 8.95. The van der Waals surface area contributed by atoms with Gasteiger partial charge >= 0.3 is 0 Å². The maximum Gasteiger partial charge on any atom is 0.290 e. The summed E-state index contributed by atoms with van der Waals surface area (Å²) in [5.74, 6) is 2.08. The first-order valence-electron chi connectivity index (χ1n) is 6.46. The first kappa shape index (κ1) is 13.6. The van der Waals surface area contributed by atoms with Crippen molar-refractivity contribution in [3.05, 3.63) is 48.2 Å². The molecule has 0 fully saturated rings. The predicted octanol–water partition coefficient (Wildman–Crippen LogP) is 2.89. The zero-order valence-electron chi connectivity index (χ0n) is 11.1. The number of hydrogen-bond acceptors (Lipinski definition) is 4. The van der Waals surface area contributed by atoms with Gasteiger partial charge in [-0.15, -0.1) is 0 Å². The molecule has 0 unspecified atom stereocenters. The number of furan rings is 1. The molecule has 2 aromatic rings. The molecule has 4 nitrogen and oxygen atoms in total. The van der Waals surface area contributed by atoms with E-state index >= 15 is 0 Å². The van der Waals surface area contributed by atoms with Crippen LogP contribution in [0.2, 0.25) is 0 Å². The van der Waals surface area contributed by atoms with Crippen LogP contribution in [0.15, 0.2) is 46.9 Å². The lowest BCUT2D eigenvalue weighted by Gasteiger charge is -2.17. The third-order valence-corrected chi connectivity index (χ3v) is 2.84. The smallest absolute Gasteiger partial charge is 0.290 e. The fourth-order valence-electron chi connectivity index (χ4n) is 1.81. The quantitative estimate of drug-likeness (QED) is 0.832. The first-order valence-corrected chi connectivity index (χ1v) is 6.46. The van der Waals surface area contributed by atoms with Crippen molar-refractivity contribution in [1.29, 1.82) is 0 Å². The van der Waals surface area contributed by atoms with Gasteiger partial charge in [-0.05, 0) is 24.7 Å². The van der Waals surface area contributed by atoms with Crippen molar-refractivity contribution in [3.63, 3.8) is 0 Å². The summed E-state index contributed by atoms with van der Waals surface area (Å²) in [5.41, 5.74) is 0. The highest BCUT2D eigenvalue weighted by molar-refractivity contribution is 5.26. The van der Waals surface area contributed by atoms with Crippen molar-refractivity contribution in [2.75, 3.05) is 19.7 Å². The molecule has 0 atom stereocenters. The largest absolute Gasteiger partial charge is 0.429 e. The number of aliphatic hydroxyl groups excluding tert-OH is 1. The Labute approximate surface area is 113 Å². The SMILES string of the molecule is CCN(CCO)Cc1ccc(Oc2ccccc2)o1. The number of nitrogens with zero attached hydrogens (tertiary/aromatic N) is 1. The lowest BCUT2D eigenvalue weighted by molar-refractivity contribution is 0.184. The lowest BCUT2D eigenvalue weighted by Crippen LogP contribution is -2.25. The number of ether oxygens (including phenoxy) is 1. The Hall–Kier alpha value is -1.78. The van der Waals surface area contributed by atoms with Gasteiger partial charge in [-0.3, -0.25) is 4.90 Å². The van der Waals surface area contributed by atoms with Crippen LogP contribution in [0.3, 0.4) is 0 Å². The first-order chi connectivity index (χ1) is 9.31. The molecule has 0 bridgehead atoms. The van der Waals surface area contributed by atoms with Crippen molar-refractivity contribution < 1.29 is 14.3 Å². The highest BCUT2D eigenvalue weighted by Crippen LogP contribution is 2.23. The van der Waals surface area contributed by atoms with Crippen molar-refractivity contribution in [2.24, 2.45) is 0 Å². The molecular weight excluding hydrogens is 242 g/mol. The fourth-order valence-corrected chi connectivity index (χ4v) is 1.81. The topological polar surface area (TPSA) is 45.8 Å². The Balaban J connectivity index is 1.95. The van der Waals surface area contributed by atoms with E-state index in [-0.39, 0.29) is 6.61 Å². The summed E-state index contributed by atoms with van der Waals surface area (Å²) in [4.78, 5) is 2.10. The minimum Gasteiger partial charge on any atom is -0.429 e. The summed E-state index contributed by atoms with van der Waals surface area (Å²) in [6.07, 6.45) is 0. The summed E-state index contributed by atoms with van der Waals surface area (Å²) in [7, 11) is 0. The molecule has 4 heteroatoms. The molecule has 0 aliphatic heterocycles. The summed E-state index contributed by atoms with van der Waals surface area (Å²) in [5, 5.41) is 8.95. The molecule has 0 radical (unpaired) electrons. The van der Waals surface area contributed by atoms with Crippen molar-refractivity contribution >= 4 is 0 Å². The molecule has 102 valence electrons. The second-order valence-corrected chi connectivity index (χ2v) is 4.23. The summed E-state index contributed by atoms with van der Waals surface area (Å²) in [6, 6.07) is 13.2. The van der Waals surface area contributed by atoms with Gasteiger partial charge in [-0.2, -0.15) is 0 Å². The number of aliphatic hydroxyl groups is 1. The van der Waals surface area contributed by atoms with Gasteiger partial charge in [-0.1, -0.05) is 25.1 Å². The molecule has 0 aliphatic rings. The Morgan fingerprint density at radius 3 is 2.63 bits per heavy atom. The molecule has 1 aromatic heterocycles. The van der Waals surface area contributed by atoms with Crippen LogP contribution in [0.5, 0.6) is 11.7 Å². The molecule has 1 heterocycles. The summed E-state index contributed by atoms with van der Waals surface area (Å²) < 4.78 is 11.2. The normalized spacial score (nSPS) is 10.9. The van der Waals surface area contributed by atoms with E-state index in [1.807, 2.05) is 42.5 Å². The van der Waals surface area contributed by atoms with E-state index in [1.54, 1.807) is 0 Å². The fraction of sp³-hybridized carbons (Fsp3) is 0.333.